The molecule has 0 fully saturated rings. The second-order valence-corrected chi connectivity index (χ2v) is 10.2. The Hall–Kier alpha value is -1.81. The summed E-state index contributed by atoms with van der Waals surface area (Å²) in [5, 5.41) is 1.55. The molecule has 0 amide bonds. The van der Waals surface area contributed by atoms with Crippen LogP contribution in [0.2, 0.25) is 0 Å². The summed E-state index contributed by atoms with van der Waals surface area (Å²) in [6.07, 6.45) is 0.196. The fraction of sp³-hybridized carbons (Fsp3) is 0.389. The third-order valence-corrected chi connectivity index (χ3v) is 6.91. The molecule has 27 heavy (non-hydrogen) atoms. The van der Waals surface area contributed by atoms with Crippen molar-refractivity contribution in [2.75, 3.05) is 12.3 Å². The van der Waals surface area contributed by atoms with E-state index in [4.69, 9.17) is 0 Å². The summed E-state index contributed by atoms with van der Waals surface area (Å²) in [5.41, 5.74) is 2.31. The smallest absolute Gasteiger partial charge is 0.294 e. The van der Waals surface area contributed by atoms with Crippen LogP contribution in [0.1, 0.15) is 32.8 Å². The van der Waals surface area contributed by atoms with Gasteiger partial charge in [-0.05, 0) is 42.8 Å². The van der Waals surface area contributed by atoms with Crippen LogP contribution in [0.15, 0.2) is 35.2 Å². The van der Waals surface area contributed by atoms with Crippen molar-refractivity contribution in [3.63, 3.8) is 0 Å². The van der Waals surface area contributed by atoms with Crippen LogP contribution in [0.4, 0.5) is 5.69 Å². The van der Waals surface area contributed by atoms with Crippen molar-refractivity contribution in [2.45, 2.75) is 37.5 Å². The van der Waals surface area contributed by atoms with Crippen molar-refractivity contribution >= 4 is 42.4 Å². The molecular formula is C18H21NO6S2. The molecule has 1 aliphatic heterocycles. The van der Waals surface area contributed by atoms with Crippen LogP contribution in [0.3, 0.4) is 0 Å². The van der Waals surface area contributed by atoms with E-state index >= 15 is 0 Å². The van der Waals surface area contributed by atoms with E-state index in [9.17, 15) is 25.9 Å². The summed E-state index contributed by atoms with van der Waals surface area (Å²) in [6, 6.07) is 8.24. The summed E-state index contributed by atoms with van der Waals surface area (Å²) < 4.78 is 67.2. The van der Waals surface area contributed by atoms with Crippen molar-refractivity contribution in [1.82, 2.24) is 0 Å². The first-order valence-electron chi connectivity index (χ1n) is 8.42. The molecule has 0 atom stereocenters. The van der Waals surface area contributed by atoms with Crippen LogP contribution in [0.5, 0.6) is 0 Å². The molecule has 0 unspecified atom stereocenters. The summed E-state index contributed by atoms with van der Waals surface area (Å²) in [6.45, 7) is 6.31. The summed E-state index contributed by atoms with van der Waals surface area (Å²) in [5.74, 6) is -0.437. The van der Waals surface area contributed by atoms with Crippen molar-refractivity contribution in [1.29, 1.82) is 0 Å². The largest absolute Gasteiger partial charge is 0.748 e. The van der Waals surface area contributed by atoms with E-state index in [-0.39, 0.29) is 11.3 Å². The zero-order valence-corrected chi connectivity index (χ0v) is 16.9. The molecule has 0 bridgehead atoms. The molecule has 0 aliphatic carbocycles. The van der Waals surface area contributed by atoms with Gasteiger partial charge in [-0.2, -0.15) is 13.0 Å². The van der Waals surface area contributed by atoms with Gasteiger partial charge in [0.15, 0.2) is 5.71 Å². The molecule has 2 aromatic carbocycles. The minimum Gasteiger partial charge on any atom is -0.748 e. The van der Waals surface area contributed by atoms with Gasteiger partial charge in [0.05, 0.1) is 20.4 Å². The fourth-order valence-electron chi connectivity index (χ4n) is 3.72. The Balaban J connectivity index is 2.16. The highest BCUT2D eigenvalue weighted by atomic mass is 32.2. The second kappa shape index (κ2) is 6.37. The van der Waals surface area contributed by atoms with Crippen molar-refractivity contribution in [2.24, 2.45) is 0 Å². The van der Waals surface area contributed by atoms with E-state index < -0.39 is 31.4 Å². The maximum absolute atomic E-state index is 11.6. The van der Waals surface area contributed by atoms with E-state index in [0.29, 0.717) is 11.9 Å². The van der Waals surface area contributed by atoms with Gasteiger partial charge in [0.25, 0.3) is 10.1 Å². The van der Waals surface area contributed by atoms with E-state index in [0.717, 1.165) is 22.3 Å². The lowest BCUT2D eigenvalue weighted by molar-refractivity contribution is -0.438. The molecule has 7 nitrogen and oxygen atoms in total. The summed E-state index contributed by atoms with van der Waals surface area (Å²) >= 11 is 0. The fourth-order valence-corrected chi connectivity index (χ4v) is 4.71. The Bertz CT molecular complexity index is 1180. The Morgan fingerprint density at radius 3 is 2.33 bits per heavy atom. The third kappa shape index (κ3) is 3.64. The third-order valence-electron chi connectivity index (χ3n) is 5.27. The van der Waals surface area contributed by atoms with Gasteiger partial charge < -0.3 is 4.55 Å². The first kappa shape index (κ1) is 19.9. The van der Waals surface area contributed by atoms with Gasteiger partial charge >= 0.3 is 0 Å². The molecule has 9 heteroatoms. The molecular weight excluding hydrogens is 390 g/mol. The first-order valence-corrected chi connectivity index (χ1v) is 11.4. The predicted octanol–water partition coefficient (Wildman–Crippen LogP) is 2.42. The number of hydrogen-bond acceptors (Lipinski definition) is 5. The Morgan fingerprint density at radius 2 is 1.74 bits per heavy atom. The van der Waals surface area contributed by atoms with Crippen molar-refractivity contribution in [3.05, 3.63) is 35.9 Å². The molecule has 0 saturated heterocycles. The SMILES string of the molecule is CC1=[N+](CCCS(=O)(=O)[O-])c2ccc3ccc(S(=O)(=O)O)cc3c2C1(C)C. The lowest BCUT2D eigenvalue weighted by Gasteiger charge is -2.17. The molecule has 1 N–H and O–H groups in total. The summed E-state index contributed by atoms with van der Waals surface area (Å²) in [7, 11) is -8.60. The van der Waals surface area contributed by atoms with Crippen molar-refractivity contribution in [3.8, 4) is 0 Å². The molecule has 146 valence electrons. The number of nitrogens with zero attached hydrogens (tertiary/aromatic N) is 1. The topological polar surface area (TPSA) is 115 Å². The molecule has 1 heterocycles. The molecule has 1 aliphatic rings. The molecule has 3 rings (SSSR count). The molecule has 0 radical (unpaired) electrons. The van der Waals surface area contributed by atoms with Gasteiger partial charge in [-0.25, -0.2) is 8.42 Å². The molecule has 2 aromatic rings. The maximum atomic E-state index is 11.6. The van der Waals surface area contributed by atoms with E-state index in [1.807, 2.05) is 37.5 Å². The van der Waals surface area contributed by atoms with Crippen LogP contribution in [0.25, 0.3) is 10.8 Å². The first-order chi connectivity index (χ1) is 12.3. The zero-order chi connectivity index (χ0) is 20.2. The average molecular weight is 412 g/mol. The van der Waals surface area contributed by atoms with Crippen LogP contribution in [-0.4, -0.2) is 48.5 Å². The Labute approximate surface area is 158 Å². The van der Waals surface area contributed by atoms with Gasteiger partial charge in [0.1, 0.15) is 6.54 Å². The van der Waals surface area contributed by atoms with Crippen LogP contribution >= 0.6 is 0 Å². The number of fused-ring (bicyclic) bond motifs is 3. The highest BCUT2D eigenvalue weighted by Crippen LogP contribution is 2.44. The minimum atomic E-state index is -4.33. The number of benzene rings is 2. The van der Waals surface area contributed by atoms with Crippen LogP contribution < -0.4 is 0 Å². The molecule has 0 saturated carbocycles. The van der Waals surface area contributed by atoms with E-state index in [1.54, 1.807) is 6.07 Å². The quantitative estimate of drug-likeness (QED) is 0.597. The van der Waals surface area contributed by atoms with Gasteiger partial charge in [0, 0.05) is 30.7 Å². The number of hydrogen-bond donors (Lipinski definition) is 1. The normalized spacial score (nSPS) is 16.8. The lowest BCUT2D eigenvalue weighted by Crippen LogP contribution is -2.27. The monoisotopic (exact) mass is 411 g/mol. The predicted molar refractivity (Wildman–Crippen MR) is 101 cm³/mol. The average Bonchev–Trinajstić information content (AvgIpc) is 2.73. The Kier molecular flexibility index (Phi) is 4.70. The van der Waals surface area contributed by atoms with E-state index in [2.05, 4.69) is 0 Å². The van der Waals surface area contributed by atoms with Gasteiger partial charge in [-0.1, -0.05) is 6.07 Å². The lowest BCUT2D eigenvalue weighted by atomic mass is 9.80. The van der Waals surface area contributed by atoms with Crippen molar-refractivity contribution < 1.29 is 30.5 Å². The Morgan fingerprint density at radius 1 is 1.11 bits per heavy atom. The highest BCUT2D eigenvalue weighted by Gasteiger charge is 2.44. The van der Waals surface area contributed by atoms with Gasteiger partial charge in [-0.15, -0.1) is 0 Å². The zero-order valence-electron chi connectivity index (χ0n) is 15.3. The molecule has 0 spiro atoms. The van der Waals surface area contributed by atoms with Gasteiger partial charge in [-0.3, -0.25) is 4.55 Å². The number of rotatable bonds is 5. The maximum Gasteiger partial charge on any atom is 0.294 e. The van der Waals surface area contributed by atoms with Crippen LogP contribution in [0, 0.1) is 0 Å². The highest BCUT2D eigenvalue weighted by molar-refractivity contribution is 7.86. The molecule has 0 aromatic heterocycles. The van der Waals surface area contributed by atoms with Crippen LogP contribution in [-0.2, 0) is 25.7 Å². The second-order valence-electron chi connectivity index (χ2n) is 7.30. The van der Waals surface area contributed by atoms with E-state index in [1.165, 1.54) is 12.1 Å². The van der Waals surface area contributed by atoms with Gasteiger partial charge in [0.2, 0.25) is 5.69 Å². The minimum absolute atomic E-state index is 0.173. The standard InChI is InChI=1S/C18H21NO6S2/c1-12-18(2,3)17-15-11-14(27(23,24)25)7-5-13(15)6-8-16(17)19(12)9-4-10-26(20,21)22/h5-8,11H,4,9-10H2,1-3H3,(H-,20,21,22,23,24,25). The summed E-state index contributed by atoms with van der Waals surface area (Å²) in [4.78, 5) is -0.173.